The molecule has 0 aromatic heterocycles. The molecule has 11 atom stereocenters. The minimum absolute atomic E-state index is 0.149. The molecule has 5 N–H and O–H groups in total. The summed E-state index contributed by atoms with van der Waals surface area (Å²) in [5, 5.41) is 22.1. The van der Waals surface area contributed by atoms with Crippen LogP contribution in [0.2, 0.25) is 0 Å². The molecule has 4 fully saturated rings. The highest BCUT2D eigenvalue weighted by Crippen LogP contribution is 2.69. The summed E-state index contributed by atoms with van der Waals surface area (Å²) in [7, 11) is 0. The summed E-state index contributed by atoms with van der Waals surface area (Å²) in [6.07, 6.45) is 10.4. The molecule has 0 spiro atoms. The number of hydrogen-bond acceptors (Lipinski definition) is 2. The lowest BCUT2D eigenvalue weighted by atomic mass is 9.41. The molecule has 162 valence electrons. The third-order valence-corrected chi connectivity index (χ3v) is 10.8. The normalized spacial score (nSPS) is 54.5. The van der Waals surface area contributed by atoms with E-state index < -0.39 is 0 Å². The Bertz CT molecular complexity index is 567. The average Bonchev–Trinajstić information content (AvgIpc) is 3.01. The Labute approximate surface area is 172 Å². The van der Waals surface area contributed by atoms with Crippen molar-refractivity contribution in [1.82, 2.24) is 0 Å². The molecule has 0 saturated heterocycles. The molecule has 3 heteroatoms. The third-order valence-electron chi connectivity index (χ3n) is 10.8. The van der Waals surface area contributed by atoms with Gasteiger partial charge < -0.3 is 15.9 Å². The van der Waals surface area contributed by atoms with Gasteiger partial charge in [-0.1, -0.05) is 34.1 Å². The average molecular weight is 393 g/mol. The van der Waals surface area contributed by atoms with Crippen LogP contribution in [0.4, 0.5) is 0 Å². The fourth-order valence-electron chi connectivity index (χ4n) is 9.46. The van der Waals surface area contributed by atoms with E-state index in [-0.39, 0.29) is 12.2 Å². The van der Waals surface area contributed by atoms with Crippen molar-refractivity contribution in [2.45, 2.75) is 97.7 Å². The number of fused-ring (bicyclic) bond motifs is 5. The van der Waals surface area contributed by atoms with Crippen LogP contribution < -0.4 is 5.73 Å². The van der Waals surface area contributed by atoms with Crippen molar-refractivity contribution in [3.63, 3.8) is 0 Å². The van der Waals surface area contributed by atoms with Gasteiger partial charge in [-0.3, -0.25) is 0 Å². The number of aliphatic hydroxyl groups excluding tert-OH is 2. The lowest BCUT2D eigenvalue weighted by molar-refractivity contribution is -0.370. The molecule has 0 radical (unpaired) electrons. The van der Waals surface area contributed by atoms with Crippen LogP contribution in [0.25, 0.3) is 0 Å². The van der Waals surface area contributed by atoms with E-state index in [0.717, 1.165) is 44.1 Å². The maximum atomic E-state index is 11.7. The highest BCUT2D eigenvalue weighted by Gasteiger charge is 2.64. The zero-order valence-corrected chi connectivity index (χ0v) is 18.9. The van der Waals surface area contributed by atoms with Gasteiger partial charge in [0.15, 0.2) is 0 Å². The predicted octanol–water partition coefficient (Wildman–Crippen LogP) is 3.88. The molecular weight excluding hydrogens is 346 g/mol. The molecule has 4 aliphatic rings. The topological polar surface area (TPSA) is 68.1 Å². The van der Waals surface area contributed by atoms with Gasteiger partial charge in [0.25, 0.3) is 0 Å². The molecule has 0 aromatic rings. The molecule has 0 heterocycles. The van der Waals surface area contributed by atoms with E-state index in [1.807, 2.05) is 0 Å². The van der Waals surface area contributed by atoms with Gasteiger partial charge in [0.2, 0.25) is 0 Å². The minimum Gasteiger partial charge on any atom is -0.393 e. The predicted molar refractivity (Wildman–Crippen MR) is 113 cm³/mol. The summed E-state index contributed by atoms with van der Waals surface area (Å²) in [5.74, 6) is 4.28. The van der Waals surface area contributed by atoms with Crippen LogP contribution in [0.5, 0.6) is 0 Å². The van der Waals surface area contributed by atoms with Gasteiger partial charge >= 0.3 is 0 Å². The number of rotatable bonds is 4. The lowest BCUT2D eigenvalue weighted by Gasteiger charge is -2.64. The van der Waals surface area contributed by atoms with Crippen molar-refractivity contribution >= 4 is 0 Å². The second-order valence-electron chi connectivity index (χ2n) is 11.7. The van der Waals surface area contributed by atoms with Gasteiger partial charge in [0.1, 0.15) is 0 Å². The molecule has 0 unspecified atom stereocenters. The van der Waals surface area contributed by atoms with E-state index in [1.54, 1.807) is 0 Å². The third kappa shape index (κ3) is 2.94. The number of hydrogen-bond donors (Lipinski definition) is 3. The molecule has 0 aliphatic heterocycles. The SMILES string of the molecule is CC[C@H]1[C@@H](O)[C@@H]2[C@H](CC[C@]3(C)[C@@H]([C@H](C)CC[NH3+])CC[C@@H]23)[C@@]2(C)CC[C@@H](O)C[C@@H]12. The Kier molecular flexibility index (Phi) is 5.69. The van der Waals surface area contributed by atoms with Gasteiger partial charge in [0.05, 0.1) is 18.8 Å². The van der Waals surface area contributed by atoms with Crippen LogP contribution >= 0.6 is 0 Å². The Morgan fingerprint density at radius 1 is 0.964 bits per heavy atom. The van der Waals surface area contributed by atoms with E-state index in [9.17, 15) is 10.2 Å². The van der Waals surface area contributed by atoms with Crippen LogP contribution in [0.15, 0.2) is 0 Å². The van der Waals surface area contributed by atoms with Crippen molar-refractivity contribution in [2.75, 3.05) is 6.54 Å². The fraction of sp³-hybridized carbons (Fsp3) is 1.00. The zero-order chi connectivity index (χ0) is 20.3. The van der Waals surface area contributed by atoms with Crippen molar-refractivity contribution in [3.05, 3.63) is 0 Å². The van der Waals surface area contributed by atoms with Gasteiger partial charge in [-0.05, 0) is 104 Å². The maximum absolute atomic E-state index is 11.7. The highest BCUT2D eigenvalue weighted by molar-refractivity contribution is 5.13. The molecule has 0 aromatic carbocycles. The van der Waals surface area contributed by atoms with Gasteiger partial charge in [-0.2, -0.15) is 0 Å². The Morgan fingerprint density at radius 2 is 1.64 bits per heavy atom. The van der Waals surface area contributed by atoms with E-state index in [2.05, 4.69) is 33.4 Å². The second-order valence-corrected chi connectivity index (χ2v) is 11.7. The van der Waals surface area contributed by atoms with Gasteiger partial charge in [-0.15, -0.1) is 0 Å². The van der Waals surface area contributed by atoms with Crippen LogP contribution in [0.1, 0.15) is 85.5 Å². The van der Waals surface area contributed by atoms with Crippen LogP contribution in [0.3, 0.4) is 0 Å². The van der Waals surface area contributed by atoms with E-state index in [4.69, 9.17) is 0 Å². The summed E-state index contributed by atoms with van der Waals surface area (Å²) >= 11 is 0. The molecule has 4 saturated carbocycles. The molecule has 0 bridgehead atoms. The standard InChI is InChI=1S/C25H45NO2/c1-5-17-21-14-16(27)8-11-25(21,4)20-9-12-24(3)18(15(2)10-13-26)6-7-19(24)22(20)23(17)28/h15-23,27-28H,5-14,26H2,1-4H3/p+1/t15-,16-,17-,18-,19+,20+,21+,22+,23-,24-,25-/m1/s1. The first-order chi connectivity index (χ1) is 13.3. The highest BCUT2D eigenvalue weighted by atomic mass is 16.3. The first-order valence-corrected chi connectivity index (χ1v) is 12.4. The van der Waals surface area contributed by atoms with Crippen LogP contribution in [0, 0.1) is 52.3 Å². The Balaban J connectivity index is 1.67. The van der Waals surface area contributed by atoms with Crippen molar-refractivity contribution in [1.29, 1.82) is 0 Å². The molecule has 4 rings (SSSR count). The van der Waals surface area contributed by atoms with Crippen LogP contribution in [-0.4, -0.2) is 29.0 Å². The summed E-state index contributed by atoms with van der Waals surface area (Å²) in [5.41, 5.74) is 4.85. The first kappa shape index (κ1) is 21.1. The summed E-state index contributed by atoms with van der Waals surface area (Å²) in [6.45, 7) is 10.9. The zero-order valence-electron chi connectivity index (χ0n) is 18.9. The maximum Gasteiger partial charge on any atom is 0.0742 e. The molecule has 4 aliphatic carbocycles. The van der Waals surface area contributed by atoms with E-state index >= 15 is 0 Å². The Hall–Kier alpha value is -0.120. The van der Waals surface area contributed by atoms with Crippen molar-refractivity contribution in [3.8, 4) is 0 Å². The van der Waals surface area contributed by atoms with E-state index in [0.29, 0.717) is 40.4 Å². The second kappa shape index (κ2) is 7.54. The van der Waals surface area contributed by atoms with Gasteiger partial charge in [-0.25, -0.2) is 0 Å². The van der Waals surface area contributed by atoms with E-state index in [1.165, 1.54) is 32.1 Å². The summed E-state index contributed by atoms with van der Waals surface area (Å²) in [6, 6.07) is 0. The minimum atomic E-state index is -0.162. The molecule has 0 amide bonds. The first-order valence-electron chi connectivity index (χ1n) is 12.4. The van der Waals surface area contributed by atoms with Crippen LogP contribution in [-0.2, 0) is 0 Å². The summed E-state index contributed by atoms with van der Waals surface area (Å²) < 4.78 is 0. The number of quaternary nitrogens is 1. The smallest absolute Gasteiger partial charge is 0.0742 e. The van der Waals surface area contributed by atoms with Gasteiger partial charge in [0, 0.05) is 0 Å². The largest absolute Gasteiger partial charge is 0.393 e. The molecule has 28 heavy (non-hydrogen) atoms. The quantitative estimate of drug-likeness (QED) is 0.679. The van der Waals surface area contributed by atoms with Crippen molar-refractivity contribution in [2.24, 2.45) is 52.3 Å². The number of aliphatic hydroxyl groups is 2. The lowest BCUT2D eigenvalue weighted by Crippen LogP contribution is -2.62. The summed E-state index contributed by atoms with van der Waals surface area (Å²) in [4.78, 5) is 0. The monoisotopic (exact) mass is 392 g/mol. The van der Waals surface area contributed by atoms with Crippen molar-refractivity contribution < 1.29 is 15.9 Å². The Morgan fingerprint density at radius 3 is 2.32 bits per heavy atom. The molecular formula is C25H46NO2+. The molecule has 3 nitrogen and oxygen atoms in total. The fourth-order valence-corrected chi connectivity index (χ4v) is 9.46.